The summed E-state index contributed by atoms with van der Waals surface area (Å²) in [5, 5.41) is 13.8. The molecule has 2 aromatic rings. The van der Waals surface area contributed by atoms with Gasteiger partial charge in [0.05, 0.1) is 16.8 Å². The van der Waals surface area contributed by atoms with E-state index in [1.54, 1.807) is 6.20 Å². The Balaban J connectivity index is 2.16. The first-order valence-corrected chi connectivity index (χ1v) is 7.04. The smallest absolute Gasteiger partial charge is 0.103 e. The Morgan fingerprint density at radius 1 is 1.45 bits per heavy atom. The summed E-state index contributed by atoms with van der Waals surface area (Å²) in [5.41, 5.74) is 2.68. The lowest BCUT2D eigenvalue weighted by Crippen LogP contribution is -2.37. The van der Waals surface area contributed by atoms with Gasteiger partial charge in [-0.05, 0) is 26.0 Å². The van der Waals surface area contributed by atoms with Crippen LogP contribution < -0.4 is 10.2 Å². The van der Waals surface area contributed by atoms with Crippen LogP contribution in [0.3, 0.4) is 0 Å². The molecule has 0 spiro atoms. The maximum atomic E-state index is 9.42. The Bertz CT molecular complexity index is 659. The van der Waals surface area contributed by atoms with Crippen molar-refractivity contribution in [2.75, 3.05) is 25.0 Å². The van der Waals surface area contributed by atoms with E-state index < -0.39 is 0 Å². The molecule has 1 atom stereocenters. The number of nitrogens with one attached hydrogen (secondary N) is 1. The van der Waals surface area contributed by atoms with Crippen molar-refractivity contribution in [2.45, 2.75) is 18.9 Å². The van der Waals surface area contributed by atoms with Gasteiger partial charge in [0.15, 0.2) is 0 Å². The molecular formula is C16H18N4. The molecule has 0 amide bonds. The normalized spacial score (nSPS) is 18.4. The average Bonchev–Trinajstić information content (AvgIpc) is 2.94. The van der Waals surface area contributed by atoms with Gasteiger partial charge in [-0.1, -0.05) is 18.2 Å². The van der Waals surface area contributed by atoms with Gasteiger partial charge in [-0.15, -0.1) is 0 Å². The lowest BCUT2D eigenvalue weighted by Gasteiger charge is -2.28. The maximum absolute atomic E-state index is 9.42. The topological polar surface area (TPSA) is 52.0 Å². The lowest BCUT2D eigenvalue weighted by atomic mass is 10.1. The molecule has 0 saturated carbocycles. The first-order chi connectivity index (χ1) is 9.85. The second kappa shape index (κ2) is 5.48. The van der Waals surface area contributed by atoms with Crippen LogP contribution in [0.4, 0.5) is 5.69 Å². The van der Waals surface area contributed by atoms with Gasteiger partial charge in [0.2, 0.25) is 0 Å². The average molecular weight is 266 g/mol. The molecule has 1 aliphatic heterocycles. The summed E-state index contributed by atoms with van der Waals surface area (Å²) in [5.74, 6) is 0. The number of rotatable bonds is 3. The van der Waals surface area contributed by atoms with E-state index >= 15 is 0 Å². The van der Waals surface area contributed by atoms with Gasteiger partial charge in [-0.3, -0.25) is 4.98 Å². The molecule has 1 aromatic heterocycles. The van der Waals surface area contributed by atoms with E-state index in [1.165, 1.54) is 12.8 Å². The third-order valence-electron chi connectivity index (χ3n) is 3.97. The number of para-hydroxylation sites is 1. The summed E-state index contributed by atoms with van der Waals surface area (Å²) in [7, 11) is 1.98. The largest absolute Gasteiger partial charge is 0.366 e. The molecule has 4 nitrogen and oxygen atoms in total. The molecule has 2 heterocycles. The molecule has 0 bridgehead atoms. The molecule has 1 saturated heterocycles. The molecule has 1 aromatic carbocycles. The molecule has 1 unspecified atom stereocenters. The monoisotopic (exact) mass is 266 g/mol. The van der Waals surface area contributed by atoms with Gasteiger partial charge in [-0.2, -0.15) is 5.26 Å². The standard InChI is InChI=1S/C16H18N4/c1-18-11-13-5-4-8-20(13)16-12(9-17)10-19-15-7-3-2-6-14(15)16/h2-3,6-7,10,13,18H,4-5,8,11H2,1H3. The van der Waals surface area contributed by atoms with E-state index in [9.17, 15) is 5.26 Å². The number of hydrogen-bond donors (Lipinski definition) is 1. The molecule has 1 aliphatic rings. The minimum Gasteiger partial charge on any atom is -0.366 e. The van der Waals surface area contributed by atoms with Crippen molar-refractivity contribution >= 4 is 16.6 Å². The van der Waals surface area contributed by atoms with Crippen LogP contribution in [0, 0.1) is 11.3 Å². The first kappa shape index (κ1) is 12.9. The van der Waals surface area contributed by atoms with Crippen molar-refractivity contribution in [3.05, 3.63) is 36.0 Å². The van der Waals surface area contributed by atoms with Gasteiger partial charge in [-0.25, -0.2) is 0 Å². The van der Waals surface area contributed by atoms with E-state index in [1.807, 2.05) is 25.2 Å². The summed E-state index contributed by atoms with van der Waals surface area (Å²) in [6.45, 7) is 1.95. The highest BCUT2D eigenvalue weighted by molar-refractivity contribution is 5.94. The zero-order chi connectivity index (χ0) is 13.9. The van der Waals surface area contributed by atoms with Crippen molar-refractivity contribution in [1.29, 1.82) is 5.26 Å². The van der Waals surface area contributed by atoms with Crippen molar-refractivity contribution < 1.29 is 0 Å². The molecule has 3 rings (SSSR count). The fourth-order valence-corrected chi connectivity index (χ4v) is 3.10. The molecule has 4 heteroatoms. The van der Waals surface area contributed by atoms with Crippen LogP contribution in [0.25, 0.3) is 10.9 Å². The second-order valence-electron chi connectivity index (χ2n) is 5.20. The fourth-order valence-electron chi connectivity index (χ4n) is 3.10. The van der Waals surface area contributed by atoms with Crippen LogP contribution >= 0.6 is 0 Å². The predicted molar refractivity (Wildman–Crippen MR) is 80.8 cm³/mol. The quantitative estimate of drug-likeness (QED) is 0.926. The highest BCUT2D eigenvalue weighted by Gasteiger charge is 2.27. The fraction of sp³-hybridized carbons (Fsp3) is 0.375. The van der Waals surface area contributed by atoms with Crippen LogP contribution in [0.5, 0.6) is 0 Å². The van der Waals surface area contributed by atoms with Gasteiger partial charge >= 0.3 is 0 Å². The number of pyridine rings is 1. The predicted octanol–water partition coefficient (Wildman–Crippen LogP) is 2.29. The molecule has 102 valence electrons. The van der Waals surface area contributed by atoms with Gasteiger partial charge in [0, 0.05) is 30.7 Å². The van der Waals surface area contributed by atoms with E-state index in [4.69, 9.17) is 0 Å². The Kier molecular flexibility index (Phi) is 3.53. The molecule has 1 N–H and O–H groups in total. The van der Waals surface area contributed by atoms with Crippen molar-refractivity contribution in [3.8, 4) is 6.07 Å². The molecule has 0 radical (unpaired) electrons. The Hall–Kier alpha value is -2.12. The Morgan fingerprint density at radius 2 is 2.30 bits per heavy atom. The number of nitriles is 1. The molecular weight excluding hydrogens is 248 g/mol. The SMILES string of the molecule is CNCC1CCCN1c1c(C#N)cnc2ccccc12. The number of benzene rings is 1. The minimum absolute atomic E-state index is 0.456. The number of aromatic nitrogens is 1. The third-order valence-corrected chi connectivity index (χ3v) is 3.97. The van der Waals surface area contributed by atoms with Crippen molar-refractivity contribution in [1.82, 2.24) is 10.3 Å². The van der Waals surface area contributed by atoms with E-state index in [2.05, 4.69) is 27.3 Å². The van der Waals surface area contributed by atoms with Crippen LogP contribution in [0.1, 0.15) is 18.4 Å². The zero-order valence-electron chi connectivity index (χ0n) is 11.6. The number of fused-ring (bicyclic) bond motifs is 1. The van der Waals surface area contributed by atoms with Crippen LogP contribution in [0.2, 0.25) is 0 Å². The number of likely N-dealkylation sites (N-methyl/N-ethyl adjacent to an activating group) is 1. The van der Waals surface area contributed by atoms with E-state index in [-0.39, 0.29) is 0 Å². The molecule has 0 aliphatic carbocycles. The highest BCUT2D eigenvalue weighted by atomic mass is 15.2. The van der Waals surface area contributed by atoms with E-state index in [0.717, 1.165) is 29.7 Å². The van der Waals surface area contributed by atoms with Crippen molar-refractivity contribution in [2.24, 2.45) is 0 Å². The van der Waals surface area contributed by atoms with Crippen molar-refractivity contribution in [3.63, 3.8) is 0 Å². The third kappa shape index (κ3) is 2.10. The first-order valence-electron chi connectivity index (χ1n) is 7.04. The summed E-state index contributed by atoms with van der Waals surface area (Å²) < 4.78 is 0. The summed E-state index contributed by atoms with van der Waals surface area (Å²) in [6.07, 6.45) is 4.04. The lowest BCUT2D eigenvalue weighted by molar-refractivity contribution is 0.616. The Morgan fingerprint density at radius 3 is 3.10 bits per heavy atom. The maximum Gasteiger partial charge on any atom is 0.103 e. The number of hydrogen-bond acceptors (Lipinski definition) is 4. The molecule has 20 heavy (non-hydrogen) atoms. The summed E-state index contributed by atoms with van der Waals surface area (Å²) >= 11 is 0. The van der Waals surface area contributed by atoms with E-state index in [0.29, 0.717) is 11.6 Å². The van der Waals surface area contributed by atoms with Gasteiger partial charge in [0.1, 0.15) is 6.07 Å². The van der Waals surface area contributed by atoms with Crippen LogP contribution in [0.15, 0.2) is 30.5 Å². The minimum atomic E-state index is 0.456. The summed E-state index contributed by atoms with van der Waals surface area (Å²) in [6, 6.07) is 10.8. The van der Waals surface area contributed by atoms with Gasteiger partial charge < -0.3 is 10.2 Å². The molecule has 1 fully saturated rings. The van der Waals surface area contributed by atoms with Crippen LogP contribution in [-0.2, 0) is 0 Å². The highest BCUT2D eigenvalue weighted by Crippen LogP contribution is 2.34. The van der Waals surface area contributed by atoms with Crippen LogP contribution in [-0.4, -0.2) is 31.2 Å². The Labute approximate surface area is 119 Å². The second-order valence-corrected chi connectivity index (χ2v) is 5.20. The van der Waals surface area contributed by atoms with Gasteiger partial charge in [0.25, 0.3) is 0 Å². The summed E-state index contributed by atoms with van der Waals surface area (Å²) in [4.78, 5) is 6.76. The number of nitrogens with zero attached hydrogens (tertiary/aromatic N) is 3. The number of anilines is 1. The zero-order valence-corrected chi connectivity index (χ0v) is 11.6.